The van der Waals surface area contributed by atoms with Gasteiger partial charge in [-0.2, -0.15) is 0 Å². The molecule has 0 fully saturated rings. The van der Waals surface area contributed by atoms with Crippen LogP contribution in [0.4, 0.5) is 5.69 Å². The second-order valence-corrected chi connectivity index (χ2v) is 12.5. The number of nitrogens with one attached hydrogen (secondary N) is 1. The molecule has 4 rings (SSSR count). The molecule has 0 spiro atoms. The molecule has 0 saturated carbocycles. The van der Waals surface area contributed by atoms with Crippen molar-refractivity contribution in [2.24, 2.45) is 0 Å². The summed E-state index contributed by atoms with van der Waals surface area (Å²) in [4.78, 5) is 29.0. The van der Waals surface area contributed by atoms with Crippen molar-refractivity contribution in [2.75, 3.05) is 17.9 Å². The SMILES string of the molecule is CNC(=O)[C@H](Cc1ccccc1)N(Cc1ccc(Cl)cc1)C(=O)CN(c1ccc(Cl)cc1C)S(=O)(=O)c1ccccc1. The fourth-order valence-electron chi connectivity index (χ4n) is 4.64. The van der Waals surface area contributed by atoms with Gasteiger partial charge in [-0.1, -0.05) is 83.9 Å². The molecule has 42 heavy (non-hydrogen) atoms. The Kier molecular flexibility index (Phi) is 10.3. The summed E-state index contributed by atoms with van der Waals surface area (Å²) in [6, 6.07) is 28.1. The highest BCUT2D eigenvalue weighted by Gasteiger charge is 2.34. The van der Waals surface area contributed by atoms with Crippen LogP contribution in [0.15, 0.2) is 108 Å². The number of benzene rings is 4. The number of amides is 2. The Bertz CT molecular complexity index is 1630. The molecule has 10 heteroatoms. The van der Waals surface area contributed by atoms with Gasteiger partial charge in [0, 0.05) is 30.1 Å². The van der Waals surface area contributed by atoms with Crippen molar-refractivity contribution in [3.8, 4) is 0 Å². The number of carbonyl (C=O) groups excluding carboxylic acids is 2. The number of sulfonamides is 1. The van der Waals surface area contributed by atoms with Crippen molar-refractivity contribution in [1.82, 2.24) is 10.2 Å². The number of hydrogen-bond acceptors (Lipinski definition) is 4. The van der Waals surface area contributed by atoms with Crippen molar-refractivity contribution in [3.05, 3.63) is 130 Å². The lowest BCUT2D eigenvalue weighted by molar-refractivity contribution is -0.139. The first kappa shape index (κ1) is 31.1. The normalized spacial score (nSPS) is 11.9. The molecule has 4 aromatic rings. The molecule has 1 N–H and O–H groups in total. The molecule has 0 bridgehead atoms. The van der Waals surface area contributed by atoms with E-state index in [1.54, 1.807) is 67.6 Å². The Balaban J connectivity index is 1.80. The largest absolute Gasteiger partial charge is 0.357 e. The highest BCUT2D eigenvalue weighted by Crippen LogP contribution is 2.29. The lowest BCUT2D eigenvalue weighted by Gasteiger charge is -2.34. The van der Waals surface area contributed by atoms with Gasteiger partial charge in [0.15, 0.2) is 0 Å². The zero-order chi connectivity index (χ0) is 30.3. The number of nitrogens with zero attached hydrogens (tertiary/aromatic N) is 2. The summed E-state index contributed by atoms with van der Waals surface area (Å²) in [5.41, 5.74) is 2.46. The van der Waals surface area contributed by atoms with E-state index in [0.717, 1.165) is 15.4 Å². The Morgan fingerprint density at radius 2 is 1.40 bits per heavy atom. The molecule has 0 aliphatic rings. The standard InChI is InChI=1S/C32H31Cl2N3O4S/c1-23-19-27(34)17-18-29(23)37(42(40,41)28-11-7-4-8-12-28)22-31(38)36(21-25-13-15-26(33)16-14-25)30(32(39)35-2)20-24-9-5-3-6-10-24/h3-19,30H,20-22H2,1-2H3,(H,35,39)/t30-/m0/s1. The summed E-state index contributed by atoms with van der Waals surface area (Å²) in [5, 5.41) is 3.64. The molecule has 0 aliphatic carbocycles. The van der Waals surface area contributed by atoms with Gasteiger partial charge < -0.3 is 10.2 Å². The molecule has 1 atom stereocenters. The summed E-state index contributed by atoms with van der Waals surface area (Å²) >= 11 is 12.3. The van der Waals surface area contributed by atoms with Gasteiger partial charge in [0.1, 0.15) is 12.6 Å². The molecule has 0 aromatic heterocycles. The van der Waals surface area contributed by atoms with Gasteiger partial charge in [-0.3, -0.25) is 13.9 Å². The zero-order valence-corrected chi connectivity index (χ0v) is 25.5. The average Bonchev–Trinajstić information content (AvgIpc) is 2.99. The third kappa shape index (κ3) is 7.50. The maximum Gasteiger partial charge on any atom is 0.264 e. The van der Waals surface area contributed by atoms with Crippen molar-refractivity contribution in [1.29, 1.82) is 0 Å². The lowest BCUT2D eigenvalue weighted by atomic mass is 10.0. The van der Waals surface area contributed by atoms with Gasteiger partial charge in [0.25, 0.3) is 10.0 Å². The summed E-state index contributed by atoms with van der Waals surface area (Å²) in [7, 11) is -2.67. The molecule has 218 valence electrons. The van der Waals surface area contributed by atoms with Crippen LogP contribution in [0.1, 0.15) is 16.7 Å². The number of anilines is 1. The highest BCUT2D eigenvalue weighted by atomic mass is 35.5. The van der Waals surface area contributed by atoms with Gasteiger partial charge in [0.05, 0.1) is 10.6 Å². The summed E-state index contributed by atoms with van der Waals surface area (Å²) < 4.78 is 29.1. The minimum absolute atomic E-state index is 0.0311. The van der Waals surface area contributed by atoms with E-state index in [2.05, 4.69) is 5.32 Å². The van der Waals surface area contributed by atoms with Gasteiger partial charge in [-0.15, -0.1) is 0 Å². The van der Waals surface area contributed by atoms with Crippen molar-refractivity contribution < 1.29 is 18.0 Å². The number of aryl methyl sites for hydroxylation is 1. The molecule has 0 unspecified atom stereocenters. The van der Waals surface area contributed by atoms with E-state index in [9.17, 15) is 18.0 Å². The van der Waals surface area contributed by atoms with E-state index < -0.39 is 28.5 Å². The van der Waals surface area contributed by atoms with Gasteiger partial charge in [-0.25, -0.2) is 8.42 Å². The molecule has 7 nitrogen and oxygen atoms in total. The fourth-order valence-corrected chi connectivity index (χ4v) is 6.49. The van der Waals surface area contributed by atoms with Crippen molar-refractivity contribution >= 4 is 50.7 Å². The Hall–Kier alpha value is -3.85. The van der Waals surface area contributed by atoms with E-state index in [1.165, 1.54) is 24.1 Å². The Morgan fingerprint density at radius 3 is 2.00 bits per heavy atom. The second kappa shape index (κ2) is 13.9. The first-order valence-corrected chi connectivity index (χ1v) is 15.4. The predicted octanol–water partition coefficient (Wildman–Crippen LogP) is 5.88. The van der Waals surface area contributed by atoms with E-state index in [-0.39, 0.29) is 23.8 Å². The molecule has 0 aliphatic heterocycles. The van der Waals surface area contributed by atoms with E-state index in [4.69, 9.17) is 23.2 Å². The third-order valence-electron chi connectivity index (χ3n) is 6.82. The molecule has 2 amide bonds. The summed E-state index contributed by atoms with van der Waals surface area (Å²) in [6.45, 7) is 1.24. The van der Waals surface area contributed by atoms with Crippen LogP contribution in [0.3, 0.4) is 0 Å². The Morgan fingerprint density at radius 1 is 0.810 bits per heavy atom. The fraction of sp³-hybridized carbons (Fsp3) is 0.188. The smallest absolute Gasteiger partial charge is 0.264 e. The minimum atomic E-state index is -4.18. The third-order valence-corrected chi connectivity index (χ3v) is 9.08. The molecular weight excluding hydrogens is 593 g/mol. The number of likely N-dealkylation sites (N-methyl/N-ethyl adjacent to an activating group) is 1. The first-order valence-electron chi connectivity index (χ1n) is 13.2. The van der Waals surface area contributed by atoms with Crippen LogP contribution in [0.5, 0.6) is 0 Å². The van der Waals surface area contributed by atoms with Crippen LogP contribution >= 0.6 is 23.2 Å². The second-order valence-electron chi connectivity index (χ2n) is 9.72. The number of carbonyl (C=O) groups is 2. The van der Waals surface area contributed by atoms with Crippen LogP contribution in [0, 0.1) is 6.92 Å². The van der Waals surface area contributed by atoms with Crippen molar-refractivity contribution in [2.45, 2.75) is 30.8 Å². The topological polar surface area (TPSA) is 86.8 Å². The summed E-state index contributed by atoms with van der Waals surface area (Å²) in [5.74, 6) is -0.926. The van der Waals surface area contributed by atoms with E-state index in [1.807, 2.05) is 30.3 Å². The Labute approximate surface area is 256 Å². The number of halogens is 2. The number of hydrogen-bond donors (Lipinski definition) is 1. The van der Waals surface area contributed by atoms with Crippen LogP contribution in [-0.2, 0) is 32.6 Å². The van der Waals surface area contributed by atoms with Crippen LogP contribution < -0.4 is 9.62 Å². The van der Waals surface area contributed by atoms with Gasteiger partial charge in [-0.05, 0) is 66.1 Å². The quantitative estimate of drug-likeness (QED) is 0.226. The van der Waals surface area contributed by atoms with E-state index >= 15 is 0 Å². The number of rotatable bonds is 11. The van der Waals surface area contributed by atoms with Crippen LogP contribution in [0.2, 0.25) is 10.0 Å². The predicted molar refractivity (Wildman–Crippen MR) is 167 cm³/mol. The highest BCUT2D eigenvalue weighted by molar-refractivity contribution is 7.92. The monoisotopic (exact) mass is 623 g/mol. The maximum atomic E-state index is 14.3. The summed E-state index contributed by atoms with van der Waals surface area (Å²) in [6.07, 6.45) is 0.227. The average molecular weight is 625 g/mol. The molecule has 0 saturated heterocycles. The molecule has 0 radical (unpaired) electrons. The molecule has 4 aromatic carbocycles. The van der Waals surface area contributed by atoms with Crippen LogP contribution in [-0.4, -0.2) is 44.8 Å². The van der Waals surface area contributed by atoms with Gasteiger partial charge in [0.2, 0.25) is 11.8 Å². The molecule has 0 heterocycles. The zero-order valence-electron chi connectivity index (χ0n) is 23.2. The van der Waals surface area contributed by atoms with Crippen LogP contribution in [0.25, 0.3) is 0 Å². The maximum absolute atomic E-state index is 14.3. The van der Waals surface area contributed by atoms with Gasteiger partial charge >= 0.3 is 0 Å². The molecular formula is C32H31Cl2N3O4S. The first-order chi connectivity index (χ1) is 20.1. The van der Waals surface area contributed by atoms with Crippen molar-refractivity contribution in [3.63, 3.8) is 0 Å². The van der Waals surface area contributed by atoms with E-state index in [0.29, 0.717) is 21.3 Å². The minimum Gasteiger partial charge on any atom is -0.357 e. The lowest BCUT2D eigenvalue weighted by Crippen LogP contribution is -2.53.